The zero-order chi connectivity index (χ0) is 12.0. The van der Waals surface area contributed by atoms with Crippen LogP contribution in [0, 0.1) is 0 Å². The van der Waals surface area contributed by atoms with E-state index < -0.39 is 6.67 Å². The highest BCUT2D eigenvalue weighted by Gasteiger charge is 2.02. The number of rotatable bonds is 5. The second-order valence-electron chi connectivity index (χ2n) is 3.04. The molecule has 1 aromatic rings. The number of hydrogen-bond donors (Lipinski definition) is 2. The maximum absolute atomic E-state index is 11.9. The predicted octanol–water partition coefficient (Wildman–Crippen LogP) is 1.46. The molecular formula is C10H13ClFN3O. The van der Waals surface area contributed by atoms with Crippen LogP contribution >= 0.6 is 11.6 Å². The smallest absolute Gasteiger partial charge is 0.186 e. The van der Waals surface area contributed by atoms with Gasteiger partial charge in [0.2, 0.25) is 0 Å². The van der Waals surface area contributed by atoms with Crippen LogP contribution in [0.5, 0.6) is 5.75 Å². The Balaban J connectivity index is 2.70. The molecule has 16 heavy (non-hydrogen) atoms. The monoisotopic (exact) mass is 244 g/mol. The van der Waals surface area contributed by atoms with E-state index in [1.165, 1.54) is 0 Å². The van der Waals surface area contributed by atoms with Crippen molar-refractivity contribution in [2.75, 3.05) is 13.3 Å². The highest BCUT2D eigenvalue weighted by Crippen LogP contribution is 2.25. The summed E-state index contributed by atoms with van der Waals surface area (Å²) in [4.78, 5) is 3.84. The van der Waals surface area contributed by atoms with Gasteiger partial charge in [0, 0.05) is 0 Å². The predicted molar refractivity (Wildman–Crippen MR) is 62.4 cm³/mol. The first kappa shape index (κ1) is 12.6. The van der Waals surface area contributed by atoms with E-state index in [1.807, 2.05) is 0 Å². The van der Waals surface area contributed by atoms with Crippen LogP contribution < -0.4 is 16.2 Å². The number of benzene rings is 1. The molecule has 0 heterocycles. The molecule has 0 bridgehead atoms. The van der Waals surface area contributed by atoms with Gasteiger partial charge in [-0.25, -0.2) is 9.38 Å². The van der Waals surface area contributed by atoms with Crippen molar-refractivity contribution >= 4 is 17.6 Å². The fourth-order valence-electron chi connectivity index (χ4n) is 1.09. The highest BCUT2D eigenvalue weighted by molar-refractivity contribution is 6.32. The Morgan fingerprint density at radius 2 is 2.19 bits per heavy atom. The fraction of sp³-hybridized carbons (Fsp3) is 0.300. The standard InChI is InChI=1S/C10H13ClFN3O/c11-8-5-7(6-15-10(13)14)1-2-9(8)16-4-3-12/h1-2,5H,3-4,6H2,(H4,13,14,15)/i12-1. The Labute approximate surface area is 98.0 Å². The molecular weight excluding hydrogens is 232 g/mol. The minimum Gasteiger partial charge on any atom is -0.489 e. The summed E-state index contributed by atoms with van der Waals surface area (Å²) in [5.41, 5.74) is 11.3. The van der Waals surface area contributed by atoms with E-state index >= 15 is 0 Å². The molecule has 4 nitrogen and oxygen atoms in total. The van der Waals surface area contributed by atoms with Crippen LogP contribution in [-0.4, -0.2) is 19.2 Å². The molecule has 0 amide bonds. The number of guanidine groups is 1. The van der Waals surface area contributed by atoms with Gasteiger partial charge in [-0.2, -0.15) is 0 Å². The average molecular weight is 245 g/mol. The van der Waals surface area contributed by atoms with E-state index in [0.29, 0.717) is 17.3 Å². The van der Waals surface area contributed by atoms with Gasteiger partial charge in [0.15, 0.2) is 5.96 Å². The first-order valence-corrected chi connectivity index (χ1v) is 5.04. The molecule has 0 saturated heterocycles. The van der Waals surface area contributed by atoms with Gasteiger partial charge in [0.25, 0.3) is 0 Å². The second kappa shape index (κ2) is 6.17. The molecule has 1 aromatic carbocycles. The van der Waals surface area contributed by atoms with Crippen molar-refractivity contribution in [3.63, 3.8) is 0 Å². The highest BCUT2D eigenvalue weighted by atomic mass is 35.5. The molecule has 0 aliphatic rings. The van der Waals surface area contributed by atoms with Crippen LogP contribution in [0.25, 0.3) is 0 Å². The van der Waals surface area contributed by atoms with Gasteiger partial charge in [-0.3, -0.25) is 0 Å². The van der Waals surface area contributed by atoms with Crippen molar-refractivity contribution in [1.82, 2.24) is 0 Å². The number of nitrogens with zero attached hydrogens (tertiary/aromatic N) is 1. The van der Waals surface area contributed by atoms with Crippen LogP contribution in [0.15, 0.2) is 23.2 Å². The lowest BCUT2D eigenvalue weighted by molar-refractivity contribution is 0.273. The Hall–Kier alpha value is -1.49. The van der Waals surface area contributed by atoms with Gasteiger partial charge in [0.1, 0.15) is 19.0 Å². The molecule has 0 radical (unpaired) electrons. The zero-order valence-corrected chi connectivity index (χ0v) is 9.38. The van der Waals surface area contributed by atoms with Crippen molar-refractivity contribution in [1.29, 1.82) is 0 Å². The number of alkyl halides is 1. The Kier molecular flexibility index (Phi) is 4.85. The molecule has 0 aliphatic carbocycles. The summed E-state index contributed by atoms with van der Waals surface area (Å²) in [5.74, 6) is 0.474. The maximum Gasteiger partial charge on any atom is 0.186 e. The van der Waals surface area contributed by atoms with Crippen LogP contribution in [0.1, 0.15) is 5.56 Å². The summed E-state index contributed by atoms with van der Waals surface area (Å²) in [5, 5.41) is 0.414. The normalized spacial score (nSPS) is 9.88. The van der Waals surface area contributed by atoms with Gasteiger partial charge >= 0.3 is 0 Å². The van der Waals surface area contributed by atoms with Crippen molar-refractivity contribution in [3.05, 3.63) is 28.8 Å². The molecule has 0 unspecified atom stereocenters. The number of nitrogens with two attached hydrogens (primary N) is 2. The van der Waals surface area contributed by atoms with E-state index in [2.05, 4.69) is 4.99 Å². The van der Waals surface area contributed by atoms with Crippen molar-refractivity contribution in [3.8, 4) is 5.75 Å². The second-order valence-corrected chi connectivity index (χ2v) is 3.45. The summed E-state index contributed by atoms with van der Waals surface area (Å²) < 4.78 is 17.0. The zero-order valence-electron chi connectivity index (χ0n) is 8.62. The minimum atomic E-state index is -0.550. The van der Waals surface area contributed by atoms with Crippen LogP contribution in [0.2, 0.25) is 5.02 Å². The quantitative estimate of drug-likeness (QED) is 0.608. The summed E-state index contributed by atoms with van der Waals surface area (Å²) in [7, 11) is 0. The van der Waals surface area contributed by atoms with Crippen molar-refractivity contribution in [2.24, 2.45) is 16.5 Å². The molecule has 0 fully saturated rings. The molecule has 0 spiro atoms. The Bertz CT molecular complexity index is 380. The molecule has 0 aromatic heterocycles. The first-order chi connectivity index (χ1) is 7.63. The Morgan fingerprint density at radius 1 is 1.44 bits per heavy atom. The molecule has 0 saturated carbocycles. The largest absolute Gasteiger partial charge is 0.489 e. The number of halogens is 2. The maximum atomic E-state index is 11.9. The van der Waals surface area contributed by atoms with Crippen molar-refractivity contribution < 1.29 is 9.13 Å². The topological polar surface area (TPSA) is 73.6 Å². The van der Waals surface area contributed by atoms with E-state index in [1.54, 1.807) is 18.2 Å². The van der Waals surface area contributed by atoms with Gasteiger partial charge in [-0.1, -0.05) is 17.7 Å². The summed E-state index contributed by atoms with van der Waals surface area (Å²) >= 11 is 5.92. The molecule has 1 rings (SSSR count). The third-order valence-electron chi connectivity index (χ3n) is 1.78. The lowest BCUT2D eigenvalue weighted by Gasteiger charge is -2.07. The van der Waals surface area contributed by atoms with Gasteiger partial charge in [-0.15, -0.1) is 0 Å². The van der Waals surface area contributed by atoms with Crippen LogP contribution in [-0.2, 0) is 6.54 Å². The van der Waals surface area contributed by atoms with Gasteiger partial charge < -0.3 is 16.2 Å². The number of aliphatic imine (C=N–C) groups is 1. The van der Waals surface area contributed by atoms with E-state index in [0.717, 1.165) is 5.56 Å². The third-order valence-corrected chi connectivity index (χ3v) is 2.07. The number of ether oxygens (including phenoxy) is 1. The first-order valence-electron chi connectivity index (χ1n) is 4.66. The van der Waals surface area contributed by atoms with Gasteiger partial charge in [-0.05, 0) is 17.7 Å². The molecule has 4 N–H and O–H groups in total. The molecule has 0 atom stereocenters. The lowest BCUT2D eigenvalue weighted by Crippen LogP contribution is -2.22. The number of hydrogen-bond acceptors (Lipinski definition) is 2. The summed E-state index contributed by atoms with van der Waals surface area (Å²) in [6.45, 7) is -0.204. The average Bonchev–Trinajstić information content (AvgIpc) is 2.25. The molecule has 88 valence electrons. The fourth-order valence-corrected chi connectivity index (χ4v) is 1.35. The van der Waals surface area contributed by atoms with Gasteiger partial charge in [0.05, 0.1) is 11.6 Å². The van der Waals surface area contributed by atoms with Crippen LogP contribution in [0.4, 0.5) is 4.39 Å². The molecule has 6 heteroatoms. The Morgan fingerprint density at radius 3 is 2.75 bits per heavy atom. The SMILES string of the molecule is NC(N)=NCc1ccc(OCC[18F])c(Cl)c1. The summed E-state index contributed by atoms with van der Waals surface area (Å²) in [6, 6.07) is 5.11. The van der Waals surface area contributed by atoms with Crippen LogP contribution in [0.3, 0.4) is 0 Å². The van der Waals surface area contributed by atoms with E-state index in [9.17, 15) is 4.39 Å². The lowest BCUT2D eigenvalue weighted by atomic mass is 10.2. The third kappa shape index (κ3) is 3.94. The molecule has 0 aliphatic heterocycles. The van der Waals surface area contributed by atoms with E-state index in [-0.39, 0.29) is 12.6 Å². The van der Waals surface area contributed by atoms with Crippen molar-refractivity contribution in [2.45, 2.75) is 6.54 Å². The van der Waals surface area contributed by atoms with E-state index in [4.69, 9.17) is 27.8 Å². The summed E-state index contributed by atoms with van der Waals surface area (Å²) in [6.07, 6.45) is 0. The minimum absolute atomic E-state index is 0.00698.